The summed E-state index contributed by atoms with van der Waals surface area (Å²) in [7, 11) is 0. The van der Waals surface area contributed by atoms with Crippen molar-refractivity contribution in [2.75, 3.05) is 0 Å². The van der Waals surface area contributed by atoms with Gasteiger partial charge < -0.3 is 14.5 Å². The summed E-state index contributed by atoms with van der Waals surface area (Å²) < 4.78 is 6.21. The van der Waals surface area contributed by atoms with E-state index in [1.165, 1.54) is 6.26 Å². The van der Waals surface area contributed by atoms with Gasteiger partial charge in [0.05, 0.1) is 18.2 Å². The highest BCUT2D eigenvalue weighted by atomic mass is 16.4. The molecule has 0 aliphatic heterocycles. The Balaban J connectivity index is 2.35. The second kappa shape index (κ2) is 4.88. The molecule has 0 amide bonds. The topological polar surface area (TPSA) is 138 Å². The molecule has 112 valence electrons. The first-order valence-electron chi connectivity index (χ1n) is 6.13. The number of carboxylic acids is 1. The summed E-state index contributed by atoms with van der Waals surface area (Å²) in [6.45, 7) is -0.0263. The number of nitrogens with zero attached hydrogens (tertiary/aromatic N) is 1. The monoisotopic (exact) mass is 303 g/mol. The number of hydrogen-bond donors (Lipinski definition) is 3. The SMILES string of the molecule is O=C(O)c1cc2c(=O)[nH]c(=O)n(Cc3ccco3)c2[nH]c1=O. The van der Waals surface area contributed by atoms with E-state index in [1.807, 2.05) is 0 Å². The minimum atomic E-state index is -1.47. The Bertz CT molecular complexity index is 1040. The maximum atomic E-state index is 11.9. The Morgan fingerprint density at radius 1 is 1.23 bits per heavy atom. The number of carbonyl (C=O) groups is 1. The molecule has 0 aliphatic rings. The quantitative estimate of drug-likeness (QED) is 0.608. The Labute approximate surface area is 120 Å². The second-order valence-corrected chi connectivity index (χ2v) is 4.50. The molecule has 3 aromatic rings. The minimum Gasteiger partial charge on any atom is -0.477 e. The van der Waals surface area contributed by atoms with Gasteiger partial charge in [-0.3, -0.25) is 19.1 Å². The highest BCUT2D eigenvalue weighted by Gasteiger charge is 2.15. The number of aromatic nitrogens is 3. The van der Waals surface area contributed by atoms with E-state index in [9.17, 15) is 19.2 Å². The number of pyridine rings is 1. The average Bonchev–Trinajstić information content (AvgIpc) is 2.95. The number of hydrogen-bond acceptors (Lipinski definition) is 5. The molecule has 0 unspecified atom stereocenters. The van der Waals surface area contributed by atoms with Crippen molar-refractivity contribution in [3.63, 3.8) is 0 Å². The van der Waals surface area contributed by atoms with E-state index >= 15 is 0 Å². The molecule has 3 aromatic heterocycles. The van der Waals surface area contributed by atoms with Crippen LogP contribution in [0.1, 0.15) is 16.1 Å². The lowest BCUT2D eigenvalue weighted by atomic mass is 10.2. The highest BCUT2D eigenvalue weighted by Crippen LogP contribution is 2.08. The van der Waals surface area contributed by atoms with Gasteiger partial charge in [-0.15, -0.1) is 0 Å². The fourth-order valence-electron chi connectivity index (χ4n) is 2.11. The van der Waals surface area contributed by atoms with Gasteiger partial charge in [0.1, 0.15) is 17.0 Å². The van der Waals surface area contributed by atoms with E-state index in [1.54, 1.807) is 12.1 Å². The van der Waals surface area contributed by atoms with Crippen LogP contribution in [0.2, 0.25) is 0 Å². The minimum absolute atomic E-state index is 0.0263. The number of aromatic carboxylic acids is 1. The van der Waals surface area contributed by atoms with Crippen LogP contribution in [-0.2, 0) is 6.54 Å². The third-order valence-electron chi connectivity index (χ3n) is 3.12. The first-order chi connectivity index (χ1) is 10.5. The number of H-pyrrole nitrogens is 2. The number of fused-ring (bicyclic) bond motifs is 1. The molecule has 9 nitrogen and oxygen atoms in total. The van der Waals surface area contributed by atoms with Crippen LogP contribution in [0.15, 0.2) is 43.3 Å². The van der Waals surface area contributed by atoms with Gasteiger partial charge in [0.15, 0.2) is 0 Å². The maximum absolute atomic E-state index is 11.9. The van der Waals surface area contributed by atoms with E-state index in [0.717, 1.165) is 10.6 Å². The highest BCUT2D eigenvalue weighted by molar-refractivity contribution is 5.91. The lowest BCUT2D eigenvalue weighted by Gasteiger charge is -2.08. The van der Waals surface area contributed by atoms with Crippen molar-refractivity contribution in [2.24, 2.45) is 0 Å². The predicted octanol–water partition coefficient (Wildman–Crippen LogP) is -0.282. The van der Waals surface area contributed by atoms with Crippen molar-refractivity contribution in [1.29, 1.82) is 0 Å². The molecule has 3 rings (SSSR count). The Hall–Kier alpha value is -3.36. The van der Waals surface area contributed by atoms with Crippen molar-refractivity contribution in [3.8, 4) is 0 Å². The molecule has 0 fully saturated rings. The van der Waals surface area contributed by atoms with Crippen molar-refractivity contribution in [2.45, 2.75) is 6.54 Å². The molecular formula is C13H9N3O6. The molecular weight excluding hydrogens is 294 g/mol. The van der Waals surface area contributed by atoms with Crippen LogP contribution in [0, 0.1) is 0 Å². The summed E-state index contributed by atoms with van der Waals surface area (Å²) in [5.41, 5.74) is -3.08. The molecule has 0 bridgehead atoms. The zero-order valence-corrected chi connectivity index (χ0v) is 11.0. The molecule has 0 atom stereocenters. The Kier molecular flexibility index (Phi) is 3.02. The van der Waals surface area contributed by atoms with Gasteiger partial charge in [0.2, 0.25) is 0 Å². The molecule has 0 spiro atoms. The fourth-order valence-corrected chi connectivity index (χ4v) is 2.11. The smallest absolute Gasteiger partial charge is 0.341 e. The van der Waals surface area contributed by atoms with Gasteiger partial charge in [-0.25, -0.2) is 9.59 Å². The summed E-state index contributed by atoms with van der Waals surface area (Å²) in [5, 5.41) is 8.82. The molecule has 9 heteroatoms. The van der Waals surface area contributed by atoms with E-state index in [2.05, 4.69) is 9.97 Å². The summed E-state index contributed by atoms with van der Waals surface area (Å²) in [5.74, 6) is -1.04. The van der Waals surface area contributed by atoms with Gasteiger partial charge in [0.25, 0.3) is 11.1 Å². The Morgan fingerprint density at radius 2 is 2.00 bits per heavy atom. The molecule has 0 saturated carbocycles. The van der Waals surface area contributed by atoms with Crippen LogP contribution < -0.4 is 16.8 Å². The second-order valence-electron chi connectivity index (χ2n) is 4.50. The van der Waals surface area contributed by atoms with Gasteiger partial charge in [-0.1, -0.05) is 0 Å². The maximum Gasteiger partial charge on any atom is 0.341 e. The van der Waals surface area contributed by atoms with Gasteiger partial charge in [-0.2, -0.15) is 0 Å². The fraction of sp³-hybridized carbons (Fsp3) is 0.0769. The summed E-state index contributed by atoms with van der Waals surface area (Å²) in [4.78, 5) is 50.8. The number of nitrogens with one attached hydrogen (secondary N) is 2. The van der Waals surface area contributed by atoms with Gasteiger partial charge >= 0.3 is 11.7 Å². The lowest BCUT2D eigenvalue weighted by Crippen LogP contribution is -2.33. The zero-order valence-electron chi connectivity index (χ0n) is 11.0. The normalized spacial score (nSPS) is 10.9. The van der Waals surface area contributed by atoms with Crippen LogP contribution in [-0.4, -0.2) is 25.6 Å². The van der Waals surface area contributed by atoms with Crippen LogP contribution >= 0.6 is 0 Å². The average molecular weight is 303 g/mol. The molecule has 0 aromatic carbocycles. The predicted molar refractivity (Wildman–Crippen MR) is 74.2 cm³/mol. The molecule has 22 heavy (non-hydrogen) atoms. The molecule has 3 N–H and O–H groups in total. The van der Waals surface area contributed by atoms with Crippen LogP contribution in [0.5, 0.6) is 0 Å². The van der Waals surface area contributed by atoms with Crippen LogP contribution in [0.4, 0.5) is 0 Å². The Morgan fingerprint density at radius 3 is 2.64 bits per heavy atom. The van der Waals surface area contributed by atoms with Crippen molar-refractivity contribution < 1.29 is 14.3 Å². The van der Waals surface area contributed by atoms with Crippen molar-refractivity contribution >= 4 is 17.0 Å². The number of aromatic amines is 2. The third kappa shape index (κ3) is 2.14. The van der Waals surface area contributed by atoms with E-state index in [0.29, 0.717) is 5.76 Å². The van der Waals surface area contributed by atoms with Gasteiger partial charge in [-0.05, 0) is 18.2 Å². The third-order valence-corrected chi connectivity index (χ3v) is 3.12. The van der Waals surface area contributed by atoms with Crippen molar-refractivity contribution in [3.05, 3.63) is 67.0 Å². The summed E-state index contributed by atoms with van der Waals surface area (Å²) in [6.07, 6.45) is 1.42. The van der Waals surface area contributed by atoms with Crippen LogP contribution in [0.3, 0.4) is 0 Å². The first-order valence-corrected chi connectivity index (χ1v) is 6.13. The first kappa shape index (κ1) is 13.6. The summed E-state index contributed by atoms with van der Waals surface area (Å²) in [6, 6.07) is 4.18. The number of rotatable bonds is 3. The number of furan rings is 1. The summed E-state index contributed by atoms with van der Waals surface area (Å²) >= 11 is 0. The largest absolute Gasteiger partial charge is 0.477 e. The molecule has 0 saturated heterocycles. The van der Waals surface area contributed by atoms with Crippen molar-refractivity contribution in [1.82, 2.24) is 14.5 Å². The van der Waals surface area contributed by atoms with Crippen LogP contribution in [0.25, 0.3) is 11.0 Å². The zero-order chi connectivity index (χ0) is 15.9. The molecule has 0 aliphatic carbocycles. The molecule has 0 radical (unpaired) electrons. The molecule has 3 heterocycles. The number of carboxylic acid groups (broad SMARTS) is 1. The lowest BCUT2D eigenvalue weighted by molar-refractivity contribution is 0.0695. The van der Waals surface area contributed by atoms with E-state index < -0.39 is 28.3 Å². The van der Waals surface area contributed by atoms with Gasteiger partial charge in [0, 0.05) is 0 Å². The van der Waals surface area contributed by atoms with E-state index in [4.69, 9.17) is 9.52 Å². The van der Waals surface area contributed by atoms with E-state index in [-0.39, 0.29) is 17.6 Å². The standard InChI is InChI=1S/C13H9N3O6/c17-10-7-4-8(12(19)20)11(18)14-9(7)16(13(21)15-10)5-6-2-1-3-22-6/h1-4H,5H2,(H,14,18)(H,19,20)(H,15,17,21).